The molecule has 0 saturated carbocycles. The minimum absolute atomic E-state index is 0.00742. The average molecular weight is 271 g/mol. The van der Waals surface area contributed by atoms with E-state index in [1.807, 2.05) is 0 Å². The van der Waals surface area contributed by atoms with Gasteiger partial charge in [-0.05, 0) is 19.1 Å². The Morgan fingerprint density at radius 2 is 2.06 bits per heavy atom. The van der Waals surface area contributed by atoms with Crippen molar-refractivity contribution in [2.75, 3.05) is 6.61 Å². The Balaban J connectivity index is 2.47. The maximum absolute atomic E-state index is 11.6. The van der Waals surface area contributed by atoms with Crippen molar-refractivity contribution in [3.8, 4) is 5.75 Å². The van der Waals surface area contributed by atoms with Gasteiger partial charge in [-0.1, -0.05) is 17.7 Å². The Morgan fingerprint density at radius 1 is 1.33 bits per heavy atom. The number of Topliss-reactive ketones (excluding diaryl/α,β-unsaturated/α-hetero) is 1. The van der Waals surface area contributed by atoms with E-state index in [-0.39, 0.29) is 36.8 Å². The van der Waals surface area contributed by atoms with Crippen LogP contribution in [0.25, 0.3) is 0 Å². The van der Waals surface area contributed by atoms with Crippen LogP contribution in [0.15, 0.2) is 18.2 Å². The number of hydrogen-bond donors (Lipinski definition) is 1. The van der Waals surface area contributed by atoms with Crippen molar-refractivity contribution in [2.24, 2.45) is 0 Å². The van der Waals surface area contributed by atoms with Gasteiger partial charge < -0.3 is 9.84 Å². The molecule has 0 fully saturated rings. The van der Waals surface area contributed by atoms with Gasteiger partial charge in [0, 0.05) is 23.4 Å². The lowest BCUT2D eigenvalue weighted by Crippen LogP contribution is -2.09. The first kappa shape index (κ1) is 14.5. The summed E-state index contributed by atoms with van der Waals surface area (Å²) < 4.78 is 4.72. The predicted molar refractivity (Wildman–Crippen MR) is 67.7 cm³/mol. The van der Waals surface area contributed by atoms with Gasteiger partial charge >= 0.3 is 5.97 Å². The molecule has 0 amide bonds. The monoisotopic (exact) mass is 270 g/mol. The normalized spacial score (nSPS) is 10.1. The van der Waals surface area contributed by atoms with Crippen LogP contribution in [0.2, 0.25) is 5.02 Å². The molecule has 1 aromatic carbocycles. The highest BCUT2D eigenvalue weighted by atomic mass is 35.5. The Bertz CT molecular complexity index is 443. The molecule has 0 spiro atoms. The summed E-state index contributed by atoms with van der Waals surface area (Å²) in [4.78, 5) is 22.7. The topological polar surface area (TPSA) is 63.6 Å². The van der Waals surface area contributed by atoms with Crippen molar-refractivity contribution in [3.05, 3.63) is 28.8 Å². The summed E-state index contributed by atoms with van der Waals surface area (Å²) in [5.74, 6) is -0.515. The minimum Gasteiger partial charge on any atom is -0.508 e. The second kappa shape index (κ2) is 7.01. The van der Waals surface area contributed by atoms with E-state index >= 15 is 0 Å². The van der Waals surface area contributed by atoms with Crippen LogP contribution in [-0.2, 0) is 20.7 Å². The van der Waals surface area contributed by atoms with E-state index in [1.54, 1.807) is 19.1 Å². The zero-order valence-electron chi connectivity index (χ0n) is 10.1. The number of ether oxygens (including phenoxy) is 1. The van der Waals surface area contributed by atoms with E-state index in [2.05, 4.69) is 0 Å². The Morgan fingerprint density at radius 3 is 2.67 bits per heavy atom. The largest absolute Gasteiger partial charge is 0.508 e. The molecule has 98 valence electrons. The van der Waals surface area contributed by atoms with Gasteiger partial charge in [0.15, 0.2) is 0 Å². The van der Waals surface area contributed by atoms with Gasteiger partial charge in [-0.2, -0.15) is 0 Å². The SMILES string of the molecule is CCOC(=O)CCC(=O)Cc1ccc(Cl)cc1O. The number of rotatable bonds is 6. The van der Waals surface area contributed by atoms with E-state index in [0.717, 1.165) is 0 Å². The molecule has 1 N–H and O–H groups in total. The molecule has 0 aliphatic rings. The fraction of sp³-hybridized carbons (Fsp3) is 0.385. The number of carbonyl (C=O) groups is 2. The number of ketones is 1. The molecule has 0 atom stereocenters. The quantitative estimate of drug-likeness (QED) is 0.807. The van der Waals surface area contributed by atoms with Gasteiger partial charge in [0.05, 0.1) is 13.0 Å². The molecular weight excluding hydrogens is 256 g/mol. The fourth-order valence-electron chi connectivity index (χ4n) is 1.46. The number of hydrogen-bond acceptors (Lipinski definition) is 4. The minimum atomic E-state index is -0.383. The van der Waals surface area contributed by atoms with Crippen molar-refractivity contribution in [1.29, 1.82) is 0 Å². The van der Waals surface area contributed by atoms with Gasteiger partial charge in [0.1, 0.15) is 11.5 Å². The summed E-state index contributed by atoms with van der Waals surface area (Å²) in [5.41, 5.74) is 0.508. The predicted octanol–water partition coefficient (Wildman–Crippen LogP) is 2.50. The number of phenolic OH excluding ortho intramolecular Hbond substituents is 1. The van der Waals surface area contributed by atoms with Crippen LogP contribution in [0.1, 0.15) is 25.3 Å². The summed E-state index contributed by atoms with van der Waals surface area (Å²) in [6.07, 6.45) is 0.268. The molecule has 4 nitrogen and oxygen atoms in total. The van der Waals surface area contributed by atoms with Crippen molar-refractivity contribution in [2.45, 2.75) is 26.2 Å². The fourth-order valence-corrected chi connectivity index (χ4v) is 1.63. The standard InChI is InChI=1S/C13H15ClO4/c1-2-18-13(17)6-5-11(15)7-9-3-4-10(14)8-12(9)16/h3-4,8,16H,2,5-7H2,1H3. The lowest BCUT2D eigenvalue weighted by molar-refractivity contribution is -0.144. The van der Waals surface area contributed by atoms with E-state index in [0.29, 0.717) is 17.2 Å². The average Bonchev–Trinajstić information content (AvgIpc) is 2.31. The lowest BCUT2D eigenvalue weighted by atomic mass is 10.0. The second-order valence-corrected chi connectivity index (χ2v) is 4.23. The van der Waals surface area contributed by atoms with E-state index in [1.165, 1.54) is 6.07 Å². The molecule has 0 aliphatic heterocycles. The molecule has 0 unspecified atom stereocenters. The number of benzene rings is 1. The van der Waals surface area contributed by atoms with Gasteiger partial charge in [-0.15, -0.1) is 0 Å². The molecule has 5 heteroatoms. The molecule has 0 aliphatic carbocycles. The maximum Gasteiger partial charge on any atom is 0.306 e. The van der Waals surface area contributed by atoms with Gasteiger partial charge in [-0.3, -0.25) is 9.59 Å². The maximum atomic E-state index is 11.6. The Hall–Kier alpha value is -1.55. The van der Waals surface area contributed by atoms with Crippen LogP contribution < -0.4 is 0 Å². The molecule has 1 rings (SSSR count). The summed E-state index contributed by atoms with van der Waals surface area (Å²) in [6.45, 7) is 2.02. The number of esters is 1. The Kier molecular flexibility index (Phi) is 5.65. The summed E-state index contributed by atoms with van der Waals surface area (Å²) in [7, 11) is 0. The molecule has 18 heavy (non-hydrogen) atoms. The zero-order chi connectivity index (χ0) is 13.5. The van der Waals surface area contributed by atoms with E-state index in [9.17, 15) is 14.7 Å². The van der Waals surface area contributed by atoms with Crippen LogP contribution in [-0.4, -0.2) is 23.5 Å². The van der Waals surface area contributed by atoms with Gasteiger partial charge in [0.2, 0.25) is 0 Å². The van der Waals surface area contributed by atoms with Crippen LogP contribution in [0, 0.1) is 0 Å². The molecule has 1 aromatic rings. The number of carbonyl (C=O) groups excluding carboxylic acids is 2. The molecule has 0 saturated heterocycles. The van der Waals surface area contributed by atoms with Crippen molar-refractivity contribution in [3.63, 3.8) is 0 Å². The first-order chi connectivity index (χ1) is 8.52. The first-order valence-electron chi connectivity index (χ1n) is 5.67. The highest BCUT2D eigenvalue weighted by Crippen LogP contribution is 2.22. The number of halogens is 1. The van der Waals surface area contributed by atoms with Crippen LogP contribution in [0.4, 0.5) is 0 Å². The smallest absolute Gasteiger partial charge is 0.306 e. The third-order valence-corrected chi connectivity index (χ3v) is 2.58. The molecule has 0 bridgehead atoms. The third kappa shape index (κ3) is 4.75. The van der Waals surface area contributed by atoms with Crippen LogP contribution >= 0.6 is 11.6 Å². The Labute approximate surface area is 111 Å². The van der Waals surface area contributed by atoms with E-state index < -0.39 is 0 Å². The van der Waals surface area contributed by atoms with Crippen molar-refractivity contribution in [1.82, 2.24) is 0 Å². The zero-order valence-corrected chi connectivity index (χ0v) is 10.9. The molecule has 0 aromatic heterocycles. The van der Waals surface area contributed by atoms with Gasteiger partial charge in [0.25, 0.3) is 0 Å². The van der Waals surface area contributed by atoms with Crippen LogP contribution in [0.5, 0.6) is 5.75 Å². The van der Waals surface area contributed by atoms with E-state index in [4.69, 9.17) is 16.3 Å². The highest BCUT2D eigenvalue weighted by Gasteiger charge is 2.11. The molecular formula is C13H15ClO4. The summed E-state index contributed by atoms with van der Waals surface area (Å²) >= 11 is 5.68. The van der Waals surface area contributed by atoms with Crippen molar-refractivity contribution >= 4 is 23.4 Å². The summed E-state index contributed by atoms with van der Waals surface area (Å²) in [5, 5.41) is 9.99. The number of aromatic hydroxyl groups is 1. The van der Waals surface area contributed by atoms with Gasteiger partial charge in [-0.25, -0.2) is 0 Å². The second-order valence-electron chi connectivity index (χ2n) is 3.79. The third-order valence-electron chi connectivity index (χ3n) is 2.35. The summed E-state index contributed by atoms with van der Waals surface area (Å²) in [6, 6.07) is 4.59. The van der Waals surface area contributed by atoms with Crippen LogP contribution in [0.3, 0.4) is 0 Å². The molecule has 0 heterocycles. The molecule has 0 radical (unpaired) electrons. The van der Waals surface area contributed by atoms with Crippen molar-refractivity contribution < 1.29 is 19.4 Å². The highest BCUT2D eigenvalue weighted by molar-refractivity contribution is 6.30. The number of phenols is 1. The lowest BCUT2D eigenvalue weighted by Gasteiger charge is -2.04. The first-order valence-corrected chi connectivity index (χ1v) is 6.05.